The minimum Gasteiger partial charge on any atom is -0.491 e. The topological polar surface area (TPSA) is 72.9 Å². The van der Waals surface area contributed by atoms with Crippen LogP contribution in [0.25, 0.3) is 0 Å². The van der Waals surface area contributed by atoms with Crippen molar-refractivity contribution in [3.05, 3.63) is 29.8 Å². The highest BCUT2D eigenvalue weighted by molar-refractivity contribution is 5.28. The molecule has 3 heterocycles. The second-order valence-electron chi connectivity index (χ2n) is 11.3. The quantitative estimate of drug-likeness (QED) is 0.634. The third-order valence-electron chi connectivity index (χ3n) is 6.70. The number of rotatable bonds is 7. The van der Waals surface area contributed by atoms with Gasteiger partial charge in [0, 0.05) is 29.3 Å². The van der Waals surface area contributed by atoms with Crippen molar-refractivity contribution in [3.63, 3.8) is 0 Å². The number of aliphatic hydroxyl groups is 1. The average molecular weight is 450 g/mol. The predicted octanol–water partition coefficient (Wildman–Crippen LogP) is 3.85. The molecule has 0 aromatic heterocycles. The molecule has 0 saturated carbocycles. The monoisotopic (exact) mass is 449 g/mol. The van der Waals surface area contributed by atoms with Crippen LogP contribution in [0.3, 0.4) is 0 Å². The van der Waals surface area contributed by atoms with Crippen LogP contribution < -0.4 is 4.74 Å². The van der Waals surface area contributed by atoms with Crippen LogP contribution in [0.1, 0.15) is 66.1 Å². The first-order valence-corrected chi connectivity index (χ1v) is 11.7. The molecule has 7 heteroatoms. The van der Waals surface area contributed by atoms with Crippen LogP contribution in [-0.2, 0) is 19.0 Å². The molecule has 3 fully saturated rings. The van der Waals surface area contributed by atoms with Crippen molar-refractivity contribution < 1.29 is 28.9 Å². The highest BCUT2D eigenvalue weighted by Crippen LogP contribution is 2.49. The Bertz CT molecular complexity index is 760. The van der Waals surface area contributed by atoms with Gasteiger partial charge in [-0.3, -0.25) is 4.84 Å². The van der Waals surface area contributed by atoms with Crippen molar-refractivity contribution in [2.75, 3.05) is 33.0 Å². The van der Waals surface area contributed by atoms with Gasteiger partial charge in [-0.2, -0.15) is 5.06 Å². The molecule has 1 N–H and O–H groups in total. The fourth-order valence-corrected chi connectivity index (χ4v) is 5.03. The lowest BCUT2D eigenvalue weighted by atomic mass is 9.77. The lowest BCUT2D eigenvalue weighted by molar-refractivity contribution is -0.389. The minimum atomic E-state index is -0.658. The second kappa shape index (κ2) is 8.53. The number of nitrogens with zero attached hydrogens (tertiary/aromatic N) is 1. The number of piperidine rings is 1. The molecule has 7 nitrogen and oxygen atoms in total. The smallest absolute Gasteiger partial charge is 0.171 e. The molecule has 1 aromatic carbocycles. The Kier molecular flexibility index (Phi) is 6.38. The molecule has 2 atom stereocenters. The number of ether oxygens (including phenoxy) is 4. The fraction of sp³-hybridized carbons (Fsp3) is 0.760. The van der Waals surface area contributed by atoms with Gasteiger partial charge < -0.3 is 24.1 Å². The van der Waals surface area contributed by atoms with Crippen molar-refractivity contribution in [1.29, 1.82) is 0 Å². The second-order valence-corrected chi connectivity index (χ2v) is 11.3. The van der Waals surface area contributed by atoms with Crippen LogP contribution in [-0.4, -0.2) is 66.2 Å². The number of hydrogen-bond donors (Lipinski definition) is 1. The maximum Gasteiger partial charge on any atom is 0.171 e. The molecule has 4 rings (SSSR count). The number of aliphatic hydroxyl groups excluding tert-OH is 1. The van der Waals surface area contributed by atoms with Gasteiger partial charge in [-0.25, -0.2) is 0 Å². The first-order chi connectivity index (χ1) is 15.0. The van der Waals surface area contributed by atoms with E-state index in [2.05, 4.69) is 51.8 Å². The van der Waals surface area contributed by atoms with Gasteiger partial charge in [0.2, 0.25) is 0 Å². The third-order valence-corrected chi connectivity index (χ3v) is 6.70. The summed E-state index contributed by atoms with van der Waals surface area (Å²) in [6.45, 7) is 15.2. The first-order valence-electron chi connectivity index (χ1n) is 11.7. The fourth-order valence-electron chi connectivity index (χ4n) is 5.03. The zero-order valence-electron chi connectivity index (χ0n) is 20.3. The summed E-state index contributed by atoms with van der Waals surface area (Å²) in [5.41, 5.74) is 0.131. The molecule has 32 heavy (non-hydrogen) atoms. The normalized spacial score (nSPS) is 28.9. The van der Waals surface area contributed by atoms with E-state index < -0.39 is 5.79 Å². The molecule has 0 radical (unpaired) electrons. The lowest BCUT2D eigenvalue weighted by Crippen LogP contribution is -2.68. The van der Waals surface area contributed by atoms with Gasteiger partial charge in [-0.1, -0.05) is 19.1 Å². The van der Waals surface area contributed by atoms with E-state index in [1.807, 2.05) is 19.1 Å². The standard InChI is InChI=1S/C25H39NO6/c1-18(19-7-9-20(10-8-19)28-11-21-12-29-21)32-26-22(2,3)13-25(14-23(26,4)5)30-16-24(6,15-27)17-31-25/h7-10,18,21,27H,11-17H2,1-6H3. The van der Waals surface area contributed by atoms with Gasteiger partial charge in [-0.15, -0.1) is 0 Å². The number of benzene rings is 1. The molecule has 3 aliphatic rings. The molecule has 0 amide bonds. The summed E-state index contributed by atoms with van der Waals surface area (Å²) in [6.07, 6.45) is 1.51. The number of epoxide rings is 1. The van der Waals surface area contributed by atoms with E-state index in [9.17, 15) is 5.11 Å². The number of hydrogen-bond acceptors (Lipinski definition) is 7. The predicted molar refractivity (Wildman–Crippen MR) is 120 cm³/mol. The van der Waals surface area contributed by atoms with E-state index in [1.54, 1.807) is 0 Å². The molecule has 2 unspecified atom stereocenters. The van der Waals surface area contributed by atoms with Crippen LogP contribution in [0.15, 0.2) is 24.3 Å². The Morgan fingerprint density at radius 2 is 1.59 bits per heavy atom. The van der Waals surface area contributed by atoms with E-state index in [4.69, 9.17) is 23.8 Å². The van der Waals surface area contributed by atoms with Crippen LogP contribution >= 0.6 is 0 Å². The highest BCUT2D eigenvalue weighted by atomic mass is 16.7. The summed E-state index contributed by atoms with van der Waals surface area (Å²) in [5.74, 6) is 0.188. The van der Waals surface area contributed by atoms with E-state index in [0.29, 0.717) is 32.7 Å². The lowest BCUT2D eigenvalue weighted by Gasteiger charge is -2.59. The molecule has 3 aliphatic heterocycles. The maximum absolute atomic E-state index is 9.66. The molecular weight excluding hydrogens is 410 g/mol. The van der Waals surface area contributed by atoms with E-state index in [0.717, 1.165) is 17.9 Å². The Hall–Kier alpha value is -1.22. The van der Waals surface area contributed by atoms with Crippen molar-refractivity contribution in [2.24, 2.45) is 5.41 Å². The summed E-state index contributed by atoms with van der Waals surface area (Å²) in [5, 5.41) is 11.8. The van der Waals surface area contributed by atoms with Crippen LogP contribution in [0, 0.1) is 5.41 Å². The molecule has 0 bridgehead atoms. The summed E-state index contributed by atoms with van der Waals surface area (Å²) in [6, 6.07) is 8.09. The summed E-state index contributed by atoms with van der Waals surface area (Å²) in [4.78, 5) is 6.57. The Morgan fingerprint density at radius 3 is 2.09 bits per heavy atom. The largest absolute Gasteiger partial charge is 0.491 e. The third kappa shape index (κ3) is 5.13. The van der Waals surface area contributed by atoms with Crippen molar-refractivity contribution in [3.8, 4) is 5.75 Å². The van der Waals surface area contributed by atoms with Crippen LogP contribution in [0.2, 0.25) is 0 Å². The van der Waals surface area contributed by atoms with E-state index >= 15 is 0 Å². The number of hydroxylamine groups is 2. The van der Waals surface area contributed by atoms with Gasteiger partial charge in [-0.05, 0) is 52.3 Å². The molecule has 0 aliphatic carbocycles. The molecule has 3 saturated heterocycles. The zero-order valence-corrected chi connectivity index (χ0v) is 20.3. The zero-order chi connectivity index (χ0) is 23.2. The Labute approximate surface area is 191 Å². The summed E-state index contributed by atoms with van der Waals surface area (Å²) < 4.78 is 23.5. The minimum absolute atomic E-state index is 0.0564. The highest BCUT2D eigenvalue weighted by Gasteiger charge is 2.57. The van der Waals surface area contributed by atoms with Crippen molar-refractivity contribution in [2.45, 2.75) is 83.5 Å². The molecular formula is C25H39NO6. The molecule has 1 aromatic rings. The Balaban J connectivity index is 1.42. The van der Waals surface area contributed by atoms with Crippen LogP contribution in [0.5, 0.6) is 5.75 Å². The average Bonchev–Trinajstić information content (AvgIpc) is 3.56. The van der Waals surface area contributed by atoms with Gasteiger partial charge >= 0.3 is 0 Å². The first kappa shape index (κ1) is 23.9. The SMILES string of the molecule is CC(ON1C(C)(C)CC2(CC1(C)C)OCC(C)(CO)CO2)c1ccc(OCC2CO2)cc1. The maximum atomic E-state index is 9.66. The molecule has 1 spiro atoms. The van der Waals surface area contributed by atoms with Gasteiger partial charge in [0.05, 0.1) is 26.4 Å². The van der Waals surface area contributed by atoms with Gasteiger partial charge in [0.25, 0.3) is 0 Å². The van der Waals surface area contributed by atoms with E-state index in [1.165, 1.54) is 0 Å². The summed E-state index contributed by atoms with van der Waals surface area (Å²) in [7, 11) is 0. The van der Waals surface area contributed by atoms with Gasteiger partial charge in [0.15, 0.2) is 5.79 Å². The van der Waals surface area contributed by atoms with Crippen molar-refractivity contribution >= 4 is 0 Å². The van der Waals surface area contributed by atoms with Gasteiger partial charge in [0.1, 0.15) is 24.6 Å². The summed E-state index contributed by atoms with van der Waals surface area (Å²) >= 11 is 0. The Morgan fingerprint density at radius 1 is 1.03 bits per heavy atom. The van der Waals surface area contributed by atoms with Crippen molar-refractivity contribution in [1.82, 2.24) is 5.06 Å². The van der Waals surface area contributed by atoms with Crippen LogP contribution in [0.4, 0.5) is 0 Å². The molecule has 180 valence electrons. The van der Waals surface area contributed by atoms with E-state index in [-0.39, 0.29) is 35.3 Å².